The van der Waals surface area contributed by atoms with E-state index in [2.05, 4.69) is 43.4 Å². The van der Waals surface area contributed by atoms with E-state index in [-0.39, 0.29) is 0 Å². The molecule has 1 N–H and O–H groups in total. The molecule has 2 rings (SSSR count). The van der Waals surface area contributed by atoms with Gasteiger partial charge in [-0.05, 0) is 45.2 Å². The van der Waals surface area contributed by atoms with E-state index in [4.69, 9.17) is 4.74 Å². The quantitative estimate of drug-likeness (QED) is 0.837. The molecular weight excluding hydrogens is 210 g/mol. The summed E-state index contributed by atoms with van der Waals surface area (Å²) in [6.07, 6.45) is 5.49. The summed E-state index contributed by atoms with van der Waals surface area (Å²) < 4.78 is 6.13. The molecule has 1 saturated carbocycles. The van der Waals surface area contributed by atoms with Gasteiger partial charge in [0.25, 0.3) is 0 Å². The van der Waals surface area contributed by atoms with E-state index in [1.807, 2.05) is 0 Å². The molecule has 1 unspecified atom stereocenters. The van der Waals surface area contributed by atoms with Gasteiger partial charge in [0, 0.05) is 11.6 Å². The fourth-order valence-electron chi connectivity index (χ4n) is 2.55. The maximum atomic E-state index is 6.13. The summed E-state index contributed by atoms with van der Waals surface area (Å²) in [5.41, 5.74) is 1.28. The standard InChI is InChI=1S/C15H23NO/c1-3-16-12(2)14-10-6-7-11-15(14)17-13-8-4-5-9-13/h6-7,10-13,16H,3-5,8-9H2,1-2H3. The third kappa shape index (κ3) is 3.22. The van der Waals surface area contributed by atoms with Gasteiger partial charge in [-0.15, -0.1) is 0 Å². The highest BCUT2D eigenvalue weighted by molar-refractivity contribution is 5.35. The first-order valence-electron chi connectivity index (χ1n) is 6.80. The Morgan fingerprint density at radius 3 is 2.71 bits per heavy atom. The van der Waals surface area contributed by atoms with E-state index in [0.717, 1.165) is 12.3 Å². The van der Waals surface area contributed by atoms with Crippen LogP contribution in [0.15, 0.2) is 24.3 Å². The maximum Gasteiger partial charge on any atom is 0.124 e. The van der Waals surface area contributed by atoms with Gasteiger partial charge in [0.05, 0.1) is 6.10 Å². The Morgan fingerprint density at radius 2 is 2.00 bits per heavy atom. The molecule has 1 fully saturated rings. The monoisotopic (exact) mass is 233 g/mol. The van der Waals surface area contributed by atoms with Crippen LogP contribution < -0.4 is 10.1 Å². The number of hydrogen-bond donors (Lipinski definition) is 1. The van der Waals surface area contributed by atoms with Crippen molar-refractivity contribution in [1.29, 1.82) is 0 Å². The predicted octanol–water partition coefficient (Wildman–Crippen LogP) is 3.68. The van der Waals surface area contributed by atoms with Crippen LogP contribution in [0.25, 0.3) is 0 Å². The van der Waals surface area contributed by atoms with E-state index >= 15 is 0 Å². The molecule has 0 heterocycles. The summed E-state index contributed by atoms with van der Waals surface area (Å²) in [5.74, 6) is 1.06. The molecule has 1 aliphatic rings. The third-order valence-electron chi connectivity index (χ3n) is 3.49. The van der Waals surface area contributed by atoms with Crippen LogP contribution in [0.4, 0.5) is 0 Å². The summed E-state index contributed by atoms with van der Waals surface area (Å²) >= 11 is 0. The van der Waals surface area contributed by atoms with Crippen molar-refractivity contribution in [3.63, 3.8) is 0 Å². The van der Waals surface area contributed by atoms with E-state index in [0.29, 0.717) is 12.1 Å². The van der Waals surface area contributed by atoms with Crippen molar-refractivity contribution in [3.8, 4) is 5.75 Å². The van der Waals surface area contributed by atoms with Crippen LogP contribution in [-0.2, 0) is 0 Å². The number of ether oxygens (including phenoxy) is 1. The Kier molecular flexibility index (Phi) is 4.43. The Morgan fingerprint density at radius 1 is 1.29 bits per heavy atom. The van der Waals surface area contributed by atoms with Gasteiger partial charge in [0.15, 0.2) is 0 Å². The Labute approximate surface area is 104 Å². The number of nitrogens with one attached hydrogen (secondary N) is 1. The lowest BCUT2D eigenvalue weighted by Gasteiger charge is -2.20. The molecule has 1 aliphatic carbocycles. The molecule has 0 aromatic heterocycles. The van der Waals surface area contributed by atoms with Gasteiger partial charge in [-0.25, -0.2) is 0 Å². The van der Waals surface area contributed by atoms with Crippen molar-refractivity contribution in [2.45, 2.75) is 51.7 Å². The first kappa shape index (κ1) is 12.4. The van der Waals surface area contributed by atoms with Crippen LogP contribution in [-0.4, -0.2) is 12.6 Å². The SMILES string of the molecule is CCNC(C)c1ccccc1OC1CCCC1. The maximum absolute atomic E-state index is 6.13. The Balaban J connectivity index is 2.09. The first-order chi connectivity index (χ1) is 8.31. The zero-order chi connectivity index (χ0) is 12.1. The molecule has 0 amide bonds. The van der Waals surface area contributed by atoms with Crippen molar-refractivity contribution >= 4 is 0 Å². The van der Waals surface area contributed by atoms with Crippen LogP contribution in [0, 0.1) is 0 Å². The summed E-state index contributed by atoms with van der Waals surface area (Å²) in [7, 11) is 0. The van der Waals surface area contributed by atoms with Gasteiger partial charge < -0.3 is 10.1 Å². The van der Waals surface area contributed by atoms with Crippen molar-refractivity contribution in [3.05, 3.63) is 29.8 Å². The Bertz CT molecular complexity index is 345. The van der Waals surface area contributed by atoms with Crippen molar-refractivity contribution in [2.75, 3.05) is 6.54 Å². The summed E-state index contributed by atoms with van der Waals surface area (Å²) in [6.45, 7) is 5.32. The molecule has 0 aliphatic heterocycles. The van der Waals surface area contributed by atoms with Gasteiger partial charge in [-0.1, -0.05) is 25.1 Å². The van der Waals surface area contributed by atoms with Crippen molar-refractivity contribution < 1.29 is 4.74 Å². The molecular formula is C15H23NO. The summed E-state index contributed by atoms with van der Waals surface area (Å²) in [4.78, 5) is 0. The Hall–Kier alpha value is -1.02. The van der Waals surface area contributed by atoms with Crippen LogP contribution >= 0.6 is 0 Å². The average Bonchev–Trinajstić information content (AvgIpc) is 2.83. The molecule has 0 spiro atoms. The minimum atomic E-state index is 0.359. The summed E-state index contributed by atoms with van der Waals surface area (Å²) in [6, 6.07) is 8.77. The minimum absolute atomic E-state index is 0.359. The van der Waals surface area contributed by atoms with E-state index in [1.165, 1.54) is 31.2 Å². The molecule has 0 radical (unpaired) electrons. The van der Waals surface area contributed by atoms with Crippen molar-refractivity contribution in [2.24, 2.45) is 0 Å². The normalized spacial score (nSPS) is 18.2. The molecule has 0 saturated heterocycles. The molecule has 2 nitrogen and oxygen atoms in total. The average molecular weight is 233 g/mol. The fourth-order valence-corrected chi connectivity index (χ4v) is 2.55. The highest BCUT2D eigenvalue weighted by Gasteiger charge is 2.18. The number of hydrogen-bond acceptors (Lipinski definition) is 2. The molecule has 2 heteroatoms. The number of benzene rings is 1. The predicted molar refractivity (Wildman–Crippen MR) is 71.4 cm³/mol. The zero-order valence-corrected chi connectivity index (χ0v) is 10.9. The topological polar surface area (TPSA) is 21.3 Å². The highest BCUT2D eigenvalue weighted by atomic mass is 16.5. The van der Waals surface area contributed by atoms with Crippen molar-refractivity contribution in [1.82, 2.24) is 5.32 Å². The van der Waals surface area contributed by atoms with E-state index in [1.54, 1.807) is 0 Å². The molecule has 1 aromatic carbocycles. The lowest BCUT2D eigenvalue weighted by molar-refractivity contribution is 0.206. The minimum Gasteiger partial charge on any atom is -0.490 e. The highest BCUT2D eigenvalue weighted by Crippen LogP contribution is 2.29. The van der Waals surface area contributed by atoms with Crippen LogP contribution in [0.2, 0.25) is 0 Å². The molecule has 94 valence electrons. The fraction of sp³-hybridized carbons (Fsp3) is 0.600. The molecule has 1 atom stereocenters. The zero-order valence-electron chi connectivity index (χ0n) is 10.9. The number of para-hydroxylation sites is 1. The van der Waals surface area contributed by atoms with Crippen LogP contribution in [0.1, 0.15) is 51.1 Å². The van der Waals surface area contributed by atoms with Gasteiger partial charge in [-0.2, -0.15) is 0 Å². The van der Waals surface area contributed by atoms with E-state index < -0.39 is 0 Å². The second-order valence-corrected chi connectivity index (χ2v) is 4.84. The second kappa shape index (κ2) is 6.06. The lowest BCUT2D eigenvalue weighted by atomic mass is 10.1. The largest absolute Gasteiger partial charge is 0.490 e. The van der Waals surface area contributed by atoms with Crippen LogP contribution in [0.3, 0.4) is 0 Å². The molecule has 17 heavy (non-hydrogen) atoms. The second-order valence-electron chi connectivity index (χ2n) is 4.84. The van der Waals surface area contributed by atoms with Gasteiger partial charge in [-0.3, -0.25) is 0 Å². The molecule has 0 bridgehead atoms. The lowest BCUT2D eigenvalue weighted by Crippen LogP contribution is -2.20. The molecule has 1 aromatic rings. The third-order valence-corrected chi connectivity index (χ3v) is 3.49. The smallest absolute Gasteiger partial charge is 0.124 e. The van der Waals surface area contributed by atoms with Gasteiger partial charge in [0.2, 0.25) is 0 Å². The van der Waals surface area contributed by atoms with Crippen LogP contribution in [0.5, 0.6) is 5.75 Å². The van der Waals surface area contributed by atoms with Gasteiger partial charge >= 0.3 is 0 Å². The van der Waals surface area contributed by atoms with Gasteiger partial charge in [0.1, 0.15) is 5.75 Å². The first-order valence-corrected chi connectivity index (χ1v) is 6.80. The summed E-state index contributed by atoms with van der Waals surface area (Å²) in [5, 5.41) is 3.45. The van der Waals surface area contributed by atoms with E-state index in [9.17, 15) is 0 Å². The number of rotatable bonds is 5.